The number of carbonyl (C=O) groups excluding carboxylic acids is 1. The molecule has 0 aliphatic rings. The average Bonchev–Trinajstić information content (AvgIpc) is 2.91. The topological polar surface area (TPSA) is 57.5 Å². The normalized spacial score (nSPS) is 11.8. The molecule has 0 aliphatic heterocycles. The number of ether oxygens (including phenoxy) is 2. The molecule has 3 aromatic carbocycles. The van der Waals surface area contributed by atoms with Gasteiger partial charge in [-0.15, -0.1) is 0 Å². The smallest absolute Gasteiger partial charge is 0.346 e. The number of esters is 1. The van der Waals surface area contributed by atoms with Crippen molar-refractivity contribution in [3.8, 4) is 5.75 Å². The minimum atomic E-state index is -0.672. The molecule has 5 nitrogen and oxygen atoms in total. The summed E-state index contributed by atoms with van der Waals surface area (Å²) in [7, 11) is 1.34. The van der Waals surface area contributed by atoms with Crippen molar-refractivity contribution in [2.75, 3.05) is 7.11 Å². The molecule has 0 unspecified atom stereocenters. The molecular formula is C31H31NO4. The molecule has 1 heterocycles. The van der Waals surface area contributed by atoms with Crippen LogP contribution in [0.15, 0.2) is 108 Å². The van der Waals surface area contributed by atoms with Crippen LogP contribution < -0.4 is 10.3 Å². The highest BCUT2D eigenvalue weighted by Crippen LogP contribution is 2.31. The molecule has 0 fully saturated rings. The van der Waals surface area contributed by atoms with Gasteiger partial charge in [-0.2, -0.15) is 0 Å². The Kier molecular flexibility index (Phi) is 8.35. The maximum atomic E-state index is 12.7. The van der Waals surface area contributed by atoms with Gasteiger partial charge in [-0.05, 0) is 54.2 Å². The second kappa shape index (κ2) is 12.0. The van der Waals surface area contributed by atoms with Crippen LogP contribution in [0.3, 0.4) is 0 Å². The first-order valence-corrected chi connectivity index (χ1v) is 12.2. The van der Waals surface area contributed by atoms with Gasteiger partial charge in [-0.1, -0.05) is 78.9 Å². The van der Waals surface area contributed by atoms with Crippen molar-refractivity contribution >= 4 is 5.97 Å². The maximum absolute atomic E-state index is 12.7. The number of hydrogen-bond acceptors (Lipinski definition) is 4. The van der Waals surface area contributed by atoms with E-state index in [4.69, 9.17) is 9.47 Å². The molecule has 4 aromatic rings. The molecule has 5 heteroatoms. The van der Waals surface area contributed by atoms with E-state index in [-0.39, 0.29) is 11.5 Å². The number of aryl methyl sites for hydroxylation is 2. The zero-order valence-electron chi connectivity index (χ0n) is 20.7. The van der Waals surface area contributed by atoms with Crippen LogP contribution in [0.2, 0.25) is 0 Å². The standard InChI is InChI=1S/C31H31NO4/c1-23(31(34)35-2)36-28-17-9-11-24(21-28)12-10-20-32-22-27(18-19-29(32)33)30(25-13-5-3-6-14-25)26-15-7-4-8-16-26/h3-9,11,13-19,21-23,30H,10,12,20H2,1-2H3/t23-/m1/s1. The number of benzene rings is 3. The van der Waals surface area contributed by atoms with Gasteiger partial charge in [0.2, 0.25) is 0 Å². The zero-order chi connectivity index (χ0) is 25.3. The van der Waals surface area contributed by atoms with E-state index in [9.17, 15) is 9.59 Å². The number of aromatic nitrogens is 1. The van der Waals surface area contributed by atoms with E-state index in [0.29, 0.717) is 12.3 Å². The second-order valence-electron chi connectivity index (χ2n) is 8.78. The van der Waals surface area contributed by atoms with Crippen LogP contribution in [0.4, 0.5) is 0 Å². The molecule has 1 aromatic heterocycles. The second-order valence-corrected chi connectivity index (χ2v) is 8.78. The van der Waals surface area contributed by atoms with E-state index < -0.39 is 12.1 Å². The lowest BCUT2D eigenvalue weighted by atomic mass is 9.86. The van der Waals surface area contributed by atoms with Crippen LogP contribution in [-0.2, 0) is 22.5 Å². The Labute approximate surface area is 212 Å². The summed E-state index contributed by atoms with van der Waals surface area (Å²) < 4.78 is 12.2. The predicted octanol–water partition coefficient (Wildman–Crippen LogP) is 5.60. The fraction of sp³-hybridized carbons (Fsp3) is 0.226. The van der Waals surface area contributed by atoms with Crippen molar-refractivity contribution in [1.82, 2.24) is 4.57 Å². The fourth-order valence-corrected chi connectivity index (χ4v) is 4.41. The zero-order valence-corrected chi connectivity index (χ0v) is 20.7. The van der Waals surface area contributed by atoms with Crippen LogP contribution in [-0.4, -0.2) is 23.8 Å². The van der Waals surface area contributed by atoms with E-state index in [0.717, 1.165) is 24.0 Å². The lowest BCUT2D eigenvalue weighted by Crippen LogP contribution is -2.24. The quantitative estimate of drug-likeness (QED) is 0.277. The minimum Gasteiger partial charge on any atom is -0.479 e. The fourth-order valence-electron chi connectivity index (χ4n) is 4.41. The molecule has 1 atom stereocenters. The lowest BCUT2D eigenvalue weighted by Gasteiger charge is -2.20. The molecule has 0 saturated heterocycles. The Morgan fingerprint density at radius 3 is 2.14 bits per heavy atom. The largest absolute Gasteiger partial charge is 0.479 e. The highest BCUT2D eigenvalue weighted by molar-refractivity contribution is 5.74. The van der Waals surface area contributed by atoms with Crippen LogP contribution in [0.25, 0.3) is 0 Å². The monoisotopic (exact) mass is 481 g/mol. The maximum Gasteiger partial charge on any atom is 0.346 e. The first kappa shape index (κ1) is 25.0. The van der Waals surface area contributed by atoms with E-state index in [2.05, 4.69) is 24.3 Å². The van der Waals surface area contributed by atoms with Crippen molar-refractivity contribution < 1.29 is 14.3 Å². The Balaban J connectivity index is 1.49. The van der Waals surface area contributed by atoms with E-state index in [1.165, 1.54) is 18.2 Å². The Morgan fingerprint density at radius 2 is 1.50 bits per heavy atom. The van der Waals surface area contributed by atoms with E-state index >= 15 is 0 Å². The van der Waals surface area contributed by atoms with Gasteiger partial charge in [-0.25, -0.2) is 4.79 Å². The van der Waals surface area contributed by atoms with Gasteiger partial charge in [0, 0.05) is 24.7 Å². The molecule has 0 aliphatic carbocycles. The first-order chi connectivity index (χ1) is 17.5. The third kappa shape index (κ3) is 6.30. The third-order valence-electron chi connectivity index (χ3n) is 6.21. The first-order valence-electron chi connectivity index (χ1n) is 12.2. The molecule has 0 saturated carbocycles. The molecule has 0 bridgehead atoms. The molecule has 0 radical (unpaired) electrons. The van der Waals surface area contributed by atoms with E-state index in [1.807, 2.05) is 72.9 Å². The number of nitrogens with zero attached hydrogens (tertiary/aromatic N) is 1. The summed E-state index contributed by atoms with van der Waals surface area (Å²) in [5.74, 6) is 0.256. The molecular weight excluding hydrogens is 450 g/mol. The number of hydrogen-bond donors (Lipinski definition) is 0. The number of methoxy groups -OCH3 is 1. The molecule has 0 amide bonds. The van der Waals surface area contributed by atoms with Gasteiger partial charge in [0.05, 0.1) is 7.11 Å². The van der Waals surface area contributed by atoms with Crippen molar-refractivity contribution in [3.05, 3.63) is 136 Å². The van der Waals surface area contributed by atoms with Gasteiger partial charge in [0.25, 0.3) is 5.56 Å². The Hall–Kier alpha value is -4.12. The summed E-state index contributed by atoms with van der Waals surface area (Å²) in [5, 5.41) is 0. The van der Waals surface area contributed by atoms with Crippen LogP contribution in [0.1, 0.15) is 41.5 Å². The van der Waals surface area contributed by atoms with Crippen molar-refractivity contribution in [2.24, 2.45) is 0 Å². The van der Waals surface area contributed by atoms with Gasteiger partial charge in [0.15, 0.2) is 6.10 Å². The number of carbonyl (C=O) groups is 1. The van der Waals surface area contributed by atoms with Crippen molar-refractivity contribution in [1.29, 1.82) is 0 Å². The summed E-state index contributed by atoms with van der Waals surface area (Å²) in [4.78, 5) is 24.3. The van der Waals surface area contributed by atoms with Gasteiger partial charge in [-0.3, -0.25) is 4.79 Å². The molecule has 4 rings (SSSR count). The molecule has 36 heavy (non-hydrogen) atoms. The van der Waals surface area contributed by atoms with Gasteiger partial charge < -0.3 is 14.0 Å². The van der Waals surface area contributed by atoms with Crippen molar-refractivity contribution in [2.45, 2.75) is 38.3 Å². The highest BCUT2D eigenvalue weighted by Gasteiger charge is 2.18. The highest BCUT2D eigenvalue weighted by atomic mass is 16.6. The third-order valence-corrected chi connectivity index (χ3v) is 6.21. The predicted molar refractivity (Wildman–Crippen MR) is 141 cm³/mol. The van der Waals surface area contributed by atoms with Crippen LogP contribution >= 0.6 is 0 Å². The summed E-state index contributed by atoms with van der Waals surface area (Å²) >= 11 is 0. The Bertz CT molecular complexity index is 1290. The van der Waals surface area contributed by atoms with E-state index in [1.54, 1.807) is 17.6 Å². The number of rotatable bonds is 10. The summed E-state index contributed by atoms with van der Waals surface area (Å²) in [5.41, 5.74) is 4.53. The summed E-state index contributed by atoms with van der Waals surface area (Å²) in [6, 6.07) is 32.0. The summed E-state index contributed by atoms with van der Waals surface area (Å²) in [6.07, 6.45) is 2.89. The lowest BCUT2D eigenvalue weighted by molar-refractivity contribution is -0.147. The van der Waals surface area contributed by atoms with Gasteiger partial charge >= 0.3 is 5.97 Å². The van der Waals surface area contributed by atoms with Crippen LogP contribution in [0, 0.1) is 0 Å². The molecule has 0 spiro atoms. The minimum absolute atomic E-state index is 0.0115. The summed E-state index contributed by atoms with van der Waals surface area (Å²) in [6.45, 7) is 2.27. The van der Waals surface area contributed by atoms with Gasteiger partial charge in [0.1, 0.15) is 5.75 Å². The molecule has 0 N–H and O–H groups in total. The van der Waals surface area contributed by atoms with Crippen LogP contribution in [0.5, 0.6) is 5.75 Å². The average molecular weight is 482 g/mol. The number of pyridine rings is 1. The Morgan fingerprint density at radius 1 is 0.833 bits per heavy atom. The molecule has 184 valence electrons. The van der Waals surface area contributed by atoms with Crippen molar-refractivity contribution in [3.63, 3.8) is 0 Å². The SMILES string of the molecule is COC(=O)[C@@H](C)Oc1cccc(CCCn2cc(C(c3ccccc3)c3ccccc3)ccc2=O)c1.